The SMILES string of the molecule is O=C1CCCCCN1CCCNc1cccc(F)n1. The van der Waals surface area contributed by atoms with E-state index in [1.807, 2.05) is 4.90 Å². The van der Waals surface area contributed by atoms with Gasteiger partial charge in [0.25, 0.3) is 0 Å². The van der Waals surface area contributed by atoms with Crippen molar-refractivity contribution in [3.8, 4) is 0 Å². The lowest BCUT2D eigenvalue weighted by molar-refractivity contribution is -0.130. The van der Waals surface area contributed by atoms with Gasteiger partial charge in [-0.25, -0.2) is 4.98 Å². The molecule has 0 saturated carbocycles. The standard InChI is InChI=1S/C14H20FN3O/c15-12-6-4-7-13(17-12)16-9-5-11-18-10-3-1-2-8-14(18)19/h4,6-7H,1-3,5,8-11H2,(H,16,17). The maximum Gasteiger partial charge on any atom is 0.222 e. The smallest absolute Gasteiger partial charge is 0.222 e. The third kappa shape index (κ3) is 4.50. The van der Waals surface area contributed by atoms with Gasteiger partial charge in [0.1, 0.15) is 5.82 Å². The van der Waals surface area contributed by atoms with E-state index in [9.17, 15) is 9.18 Å². The van der Waals surface area contributed by atoms with Crippen LogP contribution < -0.4 is 5.32 Å². The van der Waals surface area contributed by atoms with E-state index in [2.05, 4.69) is 10.3 Å². The molecule has 104 valence electrons. The van der Waals surface area contributed by atoms with Crippen molar-refractivity contribution in [2.24, 2.45) is 0 Å². The molecule has 0 bridgehead atoms. The van der Waals surface area contributed by atoms with Gasteiger partial charge in [-0.2, -0.15) is 4.39 Å². The number of carbonyl (C=O) groups is 1. The van der Waals surface area contributed by atoms with Crippen molar-refractivity contribution in [2.45, 2.75) is 32.1 Å². The minimum Gasteiger partial charge on any atom is -0.370 e. The predicted molar refractivity (Wildman–Crippen MR) is 72.3 cm³/mol. The quantitative estimate of drug-likeness (QED) is 0.657. The van der Waals surface area contributed by atoms with Crippen LogP contribution in [0.15, 0.2) is 18.2 Å². The first-order valence-electron chi connectivity index (χ1n) is 6.90. The molecular weight excluding hydrogens is 245 g/mol. The second kappa shape index (κ2) is 7.07. The van der Waals surface area contributed by atoms with E-state index in [1.54, 1.807) is 12.1 Å². The number of halogens is 1. The van der Waals surface area contributed by atoms with Crippen molar-refractivity contribution >= 4 is 11.7 Å². The van der Waals surface area contributed by atoms with Crippen LogP contribution in [0.2, 0.25) is 0 Å². The number of carbonyl (C=O) groups excluding carboxylic acids is 1. The molecule has 0 aromatic carbocycles. The summed E-state index contributed by atoms with van der Waals surface area (Å²) in [4.78, 5) is 17.4. The lowest BCUT2D eigenvalue weighted by Crippen LogP contribution is -2.32. The first kappa shape index (κ1) is 13.8. The van der Waals surface area contributed by atoms with E-state index in [1.165, 1.54) is 6.07 Å². The van der Waals surface area contributed by atoms with Crippen molar-refractivity contribution in [3.05, 3.63) is 24.1 Å². The Bertz CT molecular complexity index is 425. The molecule has 5 heteroatoms. The van der Waals surface area contributed by atoms with Gasteiger partial charge in [-0.15, -0.1) is 0 Å². The summed E-state index contributed by atoms with van der Waals surface area (Å²) in [6.45, 7) is 2.33. The minimum absolute atomic E-state index is 0.265. The Balaban J connectivity index is 1.70. The summed E-state index contributed by atoms with van der Waals surface area (Å²) >= 11 is 0. The number of rotatable bonds is 5. The largest absolute Gasteiger partial charge is 0.370 e. The number of amides is 1. The highest BCUT2D eigenvalue weighted by Crippen LogP contribution is 2.11. The second-order valence-corrected chi connectivity index (χ2v) is 4.82. The zero-order chi connectivity index (χ0) is 13.5. The van der Waals surface area contributed by atoms with E-state index in [-0.39, 0.29) is 5.91 Å². The van der Waals surface area contributed by atoms with Crippen LogP contribution in [0.1, 0.15) is 32.1 Å². The molecule has 0 spiro atoms. The molecule has 1 amide bonds. The van der Waals surface area contributed by atoms with Gasteiger partial charge in [0.15, 0.2) is 0 Å². The Morgan fingerprint density at radius 1 is 1.32 bits per heavy atom. The zero-order valence-corrected chi connectivity index (χ0v) is 11.1. The number of hydrogen-bond donors (Lipinski definition) is 1. The molecule has 1 aliphatic heterocycles. The van der Waals surface area contributed by atoms with Gasteiger partial charge in [0.05, 0.1) is 0 Å². The first-order chi connectivity index (χ1) is 9.25. The maximum atomic E-state index is 12.9. The third-order valence-corrected chi connectivity index (χ3v) is 3.30. The van der Waals surface area contributed by atoms with E-state index >= 15 is 0 Å². The second-order valence-electron chi connectivity index (χ2n) is 4.82. The fourth-order valence-corrected chi connectivity index (χ4v) is 2.27. The normalized spacial score (nSPS) is 16.3. The summed E-state index contributed by atoms with van der Waals surface area (Å²) in [6, 6.07) is 4.68. The molecule has 4 nitrogen and oxygen atoms in total. The number of anilines is 1. The topological polar surface area (TPSA) is 45.2 Å². The van der Waals surface area contributed by atoms with Crippen LogP contribution in [0.25, 0.3) is 0 Å². The van der Waals surface area contributed by atoms with Gasteiger partial charge in [-0.1, -0.05) is 12.5 Å². The highest BCUT2D eigenvalue weighted by Gasteiger charge is 2.15. The molecule has 2 rings (SSSR count). The molecule has 1 fully saturated rings. The van der Waals surface area contributed by atoms with Crippen LogP contribution >= 0.6 is 0 Å². The van der Waals surface area contributed by atoms with E-state index < -0.39 is 5.95 Å². The van der Waals surface area contributed by atoms with E-state index in [4.69, 9.17) is 0 Å². The molecule has 0 radical (unpaired) electrons. The summed E-state index contributed by atoms with van der Waals surface area (Å²) in [6.07, 6.45) is 4.79. The number of nitrogens with zero attached hydrogens (tertiary/aromatic N) is 2. The summed E-state index contributed by atoms with van der Waals surface area (Å²) in [5, 5.41) is 3.07. The van der Waals surface area contributed by atoms with Crippen LogP contribution in [-0.4, -0.2) is 35.4 Å². The van der Waals surface area contributed by atoms with Crippen LogP contribution in [0, 0.1) is 5.95 Å². The molecule has 1 N–H and O–H groups in total. The van der Waals surface area contributed by atoms with Gasteiger partial charge >= 0.3 is 0 Å². The van der Waals surface area contributed by atoms with Crippen LogP contribution in [-0.2, 0) is 4.79 Å². The molecule has 1 aliphatic rings. The van der Waals surface area contributed by atoms with Crippen molar-refractivity contribution in [1.82, 2.24) is 9.88 Å². The molecule has 0 atom stereocenters. The lowest BCUT2D eigenvalue weighted by atomic mass is 10.2. The van der Waals surface area contributed by atoms with E-state index in [0.717, 1.165) is 38.8 Å². The number of nitrogens with one attached hydrogen (secondary N) is 1. The van der Waals surface area contributed by atoms with Gasteiger partial charge in [0.2, 0.25) is 11.9 Å². The van der Waals surface area contributed by atoms with Gasteiger partial charge in [-0.3, -0.25) is 4.79 Å². The Morgan fingerprint density at radius 3 is 3.05 bits per heavy atom. The van der Waals surface area contributed by atoms with Crippen molar-refractivity contribution in [3.63, 3.8) is 0 Å². The van der Waals surface area contributed by atoms with E-state index in [0.29, 0.717) is 18.8 Å². The molecule has 0 unspecified atom stereocenters. The first-order valence-corrected chi connectivity index (χ1v) is 6.90. The van der Waals surface area contributed by atoms with Crippen molar-refractivity contribution < 1.29 is 9.18 Å². The molecule has 0 aliphatic carbocycles. The number of pyridine rings is 1. The maximum absolute atomic E-state index is 12.9. The van der Waals surface area contributed by atoms with Crippen LogP contribution in [0.5, 0.6) is 0 Å². The number of aromatic nitrogens is 1. The predicted octanol–water partition coefficient (Wildman–Crippen LogP) is 2.43. The fourth-order valence-electron chi connectivity index (χ4n) is 2.27. The zero-order valence-electron chi connectivity index (χ0n) is 11.1. The van der Waals surface area contributed by atoms with Crippen LogP contribution in [0.3, 0.4) is 0 Å². The Hall–Kier alpha value is -1.65. The van der Waals surface area contributed by atoms with Crippen molar-refractivity contribution in [1.29, 1.82) is 0 Å². The highest BCUT2D eigenvalue weighted by molar-refractivity contribution is 5.76. The molecule has 2 heterocycles. The minimum atomic E-state index is -0.479. The fraction of sp³-hybridized carbons (Fsp3) is 0.571. The summed E-state index contributed by atoms with van der Waals surface area (Å²) in [7, 11) is 0. The Kier molecular flexibility index (Phi) is 5.12. The van der Waals surface area contributed by atoms with Gasteiger partial charge < -0.3 is 10.2 Å². The summed E-state index contributed by atoms with van der Waals surface area (Å²) < 4.78 is 12.9. The van der Waals surface area contributed by atoms with Crippen LogP contribution in [0.4, 0.5) is 10.2 Å². The molecule has 19 heavy (non-hydrogen) atoms. The third-order valence-electron chi connectivity index (χ3n) is 3.30. The highest BCUT2D eigenvalue weighted by atomic mass is 19.1. The summed E-state index contributed by atoms with van der Waals surface area (Å²) in [5.74, 6) is 0.330. The number of likely N-dealkylation sites (tertiary alicyclic amines) is 1. The monoisotopic (exact) mass is 265 g/mol. The Morgan fingerprint density at radius 2 is 2.21 bits per heavy atom. The molecule has 1 saturated heterocycles. The lowest BCUT2D eigenvalue weighted by Gasteiger charge is -2.20. The van der Waals surface area contributed by atoms with Crippen molar-refractivity contribution in [2.75, 3.05) is 25.0 Å². The molecule has 1 aromatic heterocycles. The summed E-state index contributed by atoms with van der Waals surface area (Å²) in [5.41, 5.74) is 0. The molecule has 1 aromatic rings. The molecular formula is C14H20FN3O. The average molecular weight is 265 g/mol. The van der Waals surface area contributed by atoms with Gasteiger partial charge in [-0.05, 0) is 31.4 Å². The average Bonchev–Trinajstić information content (AvgIpc) is 2.60. The number of hydrogen-bond acceptors (Lipinski definition) is 3. The Labute approximate surface area is 113 Å². The van der Waals surface area contributed by atoms with Gasteiger partial charge in [0, 0.05) is 26.1 Å².